The van der Waals surface area contributed by atoms with Crippen LogP contribution in [0.4, 0.5) is 29.1 Å². The van der Waals surface area contributed by atoms with Crippen molar-refractivity contribution in [2.45, 2.75) is 20.3 Å². The van der Waals surface area contributed by atoms with Gasteiger partial charge < -0.3 is 16.0 Å². The monoisotopic (exact) mass is 414 g/mol. The highest BCUT2D eigenvalue weighted by atomic mass is 16.1. The summed E-state index contributed by atoms with van der Waals surface area (Å²) < 4.78 is 0. The predicted molar refractivity (Wildman–Crippen MR) is 120 cm³/mol. The highest BCUT2D eigenvalue weighted by Gasteiger charge is 2.10. The minimum absolute atomic E-state index is 0.137. The van der Waals surface area contributed by atoms with Gasteiger partial charge in [0, 0.05) is 23.1 Å². The molecule has 0 atom stereocenters. The van der Waals surface area contributed by atoms with Crippen LogP contribution < -0.4 is 16.0 Å². The zero-order valence-corrected chi connectivity index (χ0v) is 17.2. The number of aromatic amines is 1. The Morgan fingerprint density at radius 2 is 1.58 bits per heavy atom. The van der Waals surface area contributed by atoms with Crippen LogP contribution in [0.2, 0.25) is 0 Å². The van der Waals surface area contributed by atoms with Crippen LogP contribution in [0, 0.1) is 13.8 Å². The van der Waals surface area contributed by atoms with Gasteiger partial charge >= 0.3 is 0 Å². The fourth-order valence-electron chi connectivity index (χ4n) is 2.89. The van der Waals surface area contributed by atoms with Crippen molar-refractivity contribution in [3.8, 4) is 0 Å². The average molecular weight is 414 g/mol. The molecule has 4 rings (SSSR count). The first-order chi connectivity index (χ1) is 15.0. The Kier molecular flexibility index (Phi) is 5.84. The molecule has 9 nitrogen and oxygen atoms in total. The van der Waals surface area contributed by atoms with Gasteiger partial charge in [-0.1, -0.05) is 35.9 Å². The molecule has 2 heterocycles. The Labute approximate surface area is 179 Å². The van der Waals surface area contributed by atoms with Crippen LogP contribution in [-0.2, 0) is 11.2 Å². The van der Waals surface area contributed by atoms with E-state index in [1.54, 1.807) is 13.0 Å². The van der Waals surface area contributed by atoms with E-state index < -0.39 is 0 Å². The maximum atomic E-state index is 12.2. The number of carbonyl (C=O) groups is 1. The summed E-state index contributed by atoms with van der Waals surface area (Å²) in [6.07, 6.45) is 0.167. The summed E-state index contributed by atoms with van der Waals surface area (Å²) in [6.45, 7) is 3.82. The van der Waals surface area contributed by atoms with Gasteiger partial charge in [0.1, 0.15) is 5.82 Å². The van der Waals surface area contributed by atoms with Gasteiger partial charge in [-0.25, -0.2) is 0 Å². The van der Waals surface area contributed by atoms with Gasteiger partial charge in [-0.15, -0.1) is 0 Å². The van der Waals surface area contributed by atoms with Crippen LogP contribution in [0.15, 0.2) is 60.7 Å². The third kappa shape index (κ3) is 5.63. The molecule has 0 aliphatic carbocycles. The molecule has 2 aromatic carbocycles. The summed E-state index contributed by atoms with van der Waals surface area (Å²) >= 11 is 0. The van der Waals surface area contributed by atoms with Crippen LogP contribution in [0.5, 0.6) is 0 Å². The molecule has 4 N–H and O–H groups in total. The van der Waals surface area contributed by atoms with Crippen molar-refractivity contribution in [2.75, 3.05) is 16.0 Å². The molecule has 9 heteroatoms. The number of aryl methyl sites for hydroxylation is 2. The number of anilines is 5. The van der Waals surface area contributed by atoms with Gasteiger partial charge in [0.05, 0.1) is 6.42 Å². The van der Waals surface area contributed by atoms with Crippen LogP contribution >= 0.6 is 0 Å². The van der Waals surface area contributed by atoms with Crippen molar-refractivity contribution in [1.82, 2.24) is 25.1 Å². The zero-order valence-electron chi connectivity index (χ0n) is 17.2. The zero-order chi connectivity index (χ0) is 21.6. The Morgan fingerprint density at radius 1 is 0.871 bits per heavy atom. The lowest BCUT2D eigenvalue weighted by Gasteiger charge is -2.08. The van der Waals surface area contributed by atoms with E-state index in [-0.39, 0.29) is 12.3 Å². The fraction of sp³-hybridized carbons (Fsp3) is 0.136. The largest absolute Gasteiger partial charge is 0.326 e. The number of carbonyl (C=O) groups excluding carboxylic acids is 1. The topological polar surface area (TPSA) is 121 Å². The highest BCUT2D eigenvalue weighted by Crippen LogP contribution is 2.17. The van der Waals surface area contributed by atoms with Crippen molar-refractivity contribution in [2.24, 2.45) is 0 Å². The van der Waals surface area contributed by atoms with Crippen LogP contribution in [0.1, 0.15) is 17.1 Å². The maximum Gasteiger partial charge on any atom is 0.233 e. The molecule has 0 aliphatic rings. The summed E-state index contributed by atoms with van der Waals surface area (Å²) in [5.41, 5.74) is 3.47. The number of hydrogen-bond donors (Lipinski definition) is 4. The smallest absolute Gasteiger partial charge is 0.233 e. The summed E-state index contributed by atoms with van der Waals surface area (Å²) in [7, 11) is 0. The molecule has 1 amide bonds. The van der Waals surface area contributed by atoms with Crippen LogP contribution in [0.25, 0.3) is 0 Å². The van der Waals surface area contributed by atoms with Gasteiger partial charge in [-0.2, -0.15) is 20.1 Å². The van der Waals surface area contributed by atoms with Crippen LogP contribution in [-0.4, -0.2) is 31.1 Å². The van der Waals surface area contributed by atoms with Crippen molar-refractivity contribution in [1.29, 1.82) is 0 Å². The quantitative estimate of drug-likeness (QED) is 0.362. The number of hydrogen-bond acceptors (Lipinski definition) is 7. The molecule has 0 saturated carbocycles. The molecule has 31 heavy (non-hydrogen) atoms. The lowest BCUT2D eigenvalue weighted by molar-refractivity contribution is -0.115. The van der Waals surface area contributed by atoms with E-state index in [0.717, 1.165) is 11.4 Å². The third-order valence-electron chi connectivity index (χ3n) is 4.33. The SMILES string of the molecule is Cc1ccc(Nc2nc(C)nc(Nc3cc(CC(=O)Nc4ccccc4)[nH]n3)n2)cc1. The molecule has 0 saturated heterocycles. The first kappa shape index (κ1) is 20.0. The van der Waals surface area contributed by atoms with E-state index in [1.807, 2.05) is 61.5 Å². The fourth-order valence-corrected chi connectivity index (χ4v) is 2.89. The number of amides is 1. The van der Waals surface area contributed by atoms with E-state index in [0.29, 0.717) is 29.2 Å². The molecular weight excluding hydrogens is 392 g/mol. The van der Waals surface area contributed by atoms with Crippen molar-refractivity contribution < 1.29 is 4.79 Å². The second kappa shape index (κ2) is 9.04. The van der Waals surface area contributed by atoms with Gasteiger partial charge in [0.15, 0.2) is 5.82 Å². The third-order valence-corrected chi connectivity index (χ3v) is 4.33. The van der Waals surface area contributed by atoms with Crippen molar-refractivity contribution in [3.05, 3.63) is 77.7 Å². The lowest BCUT2D eigenvalue weighted by Crippen LogP contribution is -2.14. The first-order valence-corrected chi connectivity index (χ1v) is 9.76. The first-order valence-electron chi connectivity index (χ1n) is 9.76. The molecule has 0 spiro atoms. The van der Waals surface area contributed by atoms with E-state index in [9.17, 15) is 4.79 Å². The summed E-state index contributed by atoms with van der Waals surface area (Å²) in [4.78, 5) is 25.2. The highest BCUT2D eigenvalue weighted by molar-refractivity contribution is 5.92. The van der Waals surface area contributed by atoms with Gasteiger partial charge in [0.2, 0.25) is 17.8 Å². The molecule has 0 radical (unpaired) electrons. The molecule has 0 fully saturated rings. The van der Waals surface area contributed by atoms with Crippen LogP contribution in [0.3, 0.4) is 0 Å². The maximum absolute atomic E-state index is 12.2. The minimum atomic E-state index is -0.137. The number of para-hydroxylation sites is 1. The Morgan fingerprint density at radius 3 is 2.32 bits per heavy atom. The molecular formula is C22H22N8O. The number of rotatable bonds is 7. The van der Waals surface area contributed by atoms with E-state index in [1.165, 1.54) is 5.56 Å². The average Bonchev–Trinajstić information content (AvgIpc) is 3.16. The molecule has 0 unspecified atom stereocenters. The summed E-state index contributed by atoms with van der Waals surface area (Å²) in [6, 6.07) is 19.0. The Hall–Kier alpha value is -4.27. The van der Waals surface area contributed by atoms with E-state index in [2.05, 4.69) is 41.1 Å². The second-order valence-electron chi connectivity index (χ2n) is 7.02. The van der Waals surface area contributed by atoms with Gasteiger partial charge in [-0.05, 0) is 38.1 Å². The number of nitrogens with zero attached hydrogens (tertiary/aromatic N) is 4. The number of H-pyrrole nitrogens is 1. The van der Waals surface area contributed by atoms with Crippen molar-refractivity contribution in [3.63, 3.8) is 0 Å². The molecule has 4 aromatic rings. The summed E-state index contributed by atoms with van der Waals surface area (Å²) in [5.74, 6) is 1.72. The van der Waals surface area contributed by atoms with Crippen molar-refractivity contribution >= 4 is 35.0 Å². The molecule has 156 valence electrons. The van der Waals surface area contributed by atoms with E-state index in [4.69, 9.17) is 0 Å². The van der Waals surface area contributed by atoms with E-state index >= 15 is 0 Å². The lowest BCUT2D eigenvalue weighted by atomic mass is 10.2. The Bertz CT molecular complexity index is 1170. The minimum Gasteiger partial charge on any atom is -0.326 e. The normalized spacial score (nSPS) is 10.5. The van der Waals surface area contributed by atoms with Gasteiger partial charge in [0.25, 0.3) is 0 Å². The van der Waals surface area contributed by atoms with Gasteiger partial charge in [-0.3, -0.25) is 9.89 Å². The second-order valence-corrected chi connectivity index (χ2v) is 7.02. The Balaban J connectivity index is 1.40. The summed E-state index contributed by atoms with van der Waals surface area (Å²) in [5, 5.41) is 16.1. The number of aromatic nitrogens is 5. The standard InChI is InChI=1S/C22H22N8O/c1-14-8-10-17(11-9-14)26-21-23-15(2)24-22(28-21)27-19-12-18(29-30-19)13-20(31)25-16-6-4-3-5-7-16/h3-12H,13H2,1-2H3,(H,25,31)(H3,23,24,26,27,28,29,30). The molecule has 0 aliphatic heterocycles. The predicted octanol–water partition coefficient (Wildman–Crippen LogP) is 3.88. The number of benzene rings is 2. The molecule has 2 aromatic heterocycles. The molecule has 0 bridgehead atoms. The number of nitrogens with one attached hydrogen (secondary N) is 4.